The number of thioether (sulfide) groups is 1. The van der Waals surface area contributed by atoms with Crippen LogP contribution in [0.25, 0.3) is 0 Å². The zero-order valence-corrected chi connectivity index (χ0v) is 13.0. The number of nitrogens with zero attached hydrogens (tertiary/aromatic N) is 1. The Bertz CT molecular complexity index is 711. The van der Waals surface area contributed by atoms with Gasteiger partial charge in [0.25, 0.3) is 0 Å². The van der Waals surface area contributed by atoms with Gasteiger partial charge in [-0.3, -0.25) is 9.59 Å². The Morgan fingerprint density at radius 2 is 2.27 bits per heavy atom. The first kappa shape index (κ1) is 15.9. The van der Waals surface area contributed by atoms with Crippen molar-refractivity contribution in [2.75, 3.05) is 5.75 Å². The summed E-state index contributed by atoms with van der Waals surface area (Å²) in [4.78, 5) is 23.0. The Balaban J connectivity index is 2.52. The molecule has 3 N–H and O–H groups in total. The van der Waals surface area contributed by atoms with Crippen LogP contribution >= 0.6 is 11.8 Å². The number of nitriles is 1. The lowest BCUT2D eigenvalue weighted by atomic mass is 9.84. The van der Waals surface area contributed by atoms with Crippen LogP contribution in [-0.2, 0) is 9.59 Å². The second-order valence-corrected chi connectivity index (χ2v) is 5.76. The quantitative estimate of drug-likeness (QED) is 0.856. The molecule has 2 rings (SSSR count). The Morgan fingerprint density at radius 1 is 1.55 bits per heavy atom. The minimum Gasteiger partial charge on any atom is -0.468 e. The van der Waals surface area contributed by atoms with Crippen molar-refractivity contribution in [2.45, 2.75) is 19.8 Å². The second-order valence-electron chi connectivity index (χ2n) is 4.78. The number of dihydropyridines is 1. The van der Waals surface area contributed by atoms with E-state index in [1.807, 2.05) is 0 Å². The Hall–Kier alpha value is -2.46. The maximum atomic E-state index is 12.0. The number of allylic oxidation sites excluding steroid dienone is 3. The molecule has 1 aromatic rings. The average Bonchev–Trinajstić information content (AvgIpc) is 2.97. The summed E-state index contributed by atoms with van der Waals surface area (Å²) in [6.07, 6.45) is 1.50. The molecule has 0 aliphatic carbocycles. The number of Topliss-reactive ketones (excluding diaryl/α,β-unsaturated/α-hetero) is 1. The summed E-state index contributed by atoms with van der Waals surface area (Å²) in [5.74, 6) is -0.640. The first-order chi connectivity index (χ1) is 10.5. The van der Waals surface area contributed by atoms with Gasteiger partial charge in [0, 0.05) is 11.3 Å². The third-order valence-electron chi connectivity index (χ3n) is 3.21. The zero-order valence-electron chi connectivity index (χ0n) is 12.2. The summed E-state index contributed by atoms with van der Waals surface area (Å²) in [6.45, 7) is 3.21. The number of nitrogens with two attached hydrogens (primary N) is 1. The maximum Gasteiger partial charge on any atom is 0.227 e. The van der Waals surface area contributed by atoms with Crippen LogP contribution in [0.3, 0.4) is 0 Å². The van der Waals surface area contributed by atoms with E-state index in [0.29, 0.717) is 27.6 Å². The van der Waals surface area contributed by atoms with Crippen LogP contribution < -0.4 is 11.1 Å². The van der Waals surface area contributed by atoms with Gasteiger partial charge >= 0.3 is 0 Å². The maximum absolute atomic E-state index is 12.0. The molecule has 2 heterocycles. The molecule has 0 saturated carbocycles. The molecule has 1 aromatic heterocycles. The fourth-order valence-corrected chi connectivity index (χ4v) is 3.21. The number of amides is 1. The van der Waals surface area contributed by atoms with Crippen LogP contribution in [-0.4, -0.2) is 17.4 Å². The molecule has 0 unspecified atom stereocenters. The minimum atomic E-state index is -0.575. The highest BCUT2D eigenvalue weighted by Crippen LogP contribution is 2.40. The van der Waals surface area contributed by atoms with E-state index in [1.54, 1.807) is 19.1 Å². The molecule has 0 radical (unpaired) electrons. The summed E-state index contributed by atoms with van der Waals surface area (Å²) in [5.41, 5.74) is 6.62. The van der Waals surface area contributed by atoms with Crippen LogP contribution in [0, 0.1) is 11.3 Å². The van der Waals surface area contributed by atoms with Crippen molar-refractivity contribution in [3.63, 3.8) is 0 Å². The van der Waals surface area contributed by atoms with Crippen molar-refractivity contribution < 1.29 is 14.0 Å². The van der Waals surface area contributed by atoms with Crippen LogP contribution in [0.5, 0.6) is 0 Å². The Kier molecular flexibility index (Phi) is 4.73. The standard InChI is InChI=1S/C15H15N3O3S/c1-8-13(9(2)19)14(11-4-3-5-21-11)10(6-16)15(18-8)22-7-12(17)20/h3-5,14,18H,7H2,1-2H3,(H2,17,20)/t14-/m0/s1. The number of nitrogens with one attached hydrogen (secondary N) is 1. The predicted molar refractivity (Wildman–Crippen MR) is 82.3 cm³/mol. The number of ketones is 1. The van der Waals surface area contributed by atoms with E-state index < -0.39 is 11.8 Å². The molecule has 22 heavy (non-hydrogen) atoms. The molecular formula is C15H15N3O3S. The molecule has 1 amide bonds. The third kappa shape index (κ3) is 3.07. The normalized spacial score (nSPS) is 18.0. The van der Waals surface area contributed by atoms with Crippen molar-refractivity contribution in [3.8, 4) is 6.07 Å². The van der Waals surface area contributed by atoms with Crippen molar-refractivity contribution in [1.82, 2.24) is 5.32 Å². The SMILES string of the molecule is CC(=O)C1=C(C)NC(SCC(N)=O)=C(C#N)[C@H]1c1ccco1. The molecule has 7 heteroatoms. The van der Waals surface area contributed by atoms with Crippen molar-refractivity contribution in [2.24, 2.45) is 5.73 Å². The summed E-state index contributed by atoms with van der Waals surface area (Å²) < 4.78 is 5.41. The number of carbonyl (C=O) groups is 2. The second kappa shape index (κ2) is 6.54. The first-order valence-corrected chi connectivity index (χ1v) is 7.51. The third-order valence-corrected chi connectivity index (χ3v) is 4.25. The van der Waals surface area contributed by atoms with Crippen LogP contribution in [0.2, 0.25) is 0 Å². The zero-order chi connectivity index (χ0) is 16.3. The number of carbonyl (C=O) groups excluding carboxylic acids is 2. The highest BCUT2D eigenvalue weighted by atomic mass is 32.2. The average molecular weight is 317 g/mol. The van der Waals surface area contributed by atoms with Gasteiger partial charge in [0.2, 0.25) is 5.91 Å². The lowest BCUT2D eigenvalue weighted by Gasteiger charge is -2.27. The van der Waals surface area contributed by atoms with E-state index in [-0.39, 0.29) is 11.5 Å². The minimum absolute atomic E-state index is 0.0427. The molecule has 1 aliphatic heterocycles. The molecule has 114 valence electrons. The van der Waals surface area contributed by atoms with Crippen molar-refractivity contribution >= 4 is 23.5 Å². The predicted octanol–water partition coefficient (Wildman–Crippen LogP) is 1.78. The van der Waals surface area contributed by atoms with Gasteiger partial charge in [-0.2, -0.15) is 5.26 Å². The Morgan fingerprint density at radius 3 is 2.77 bits per heavy atom. The monoisotopic (exact) mass is 317 g/mol. The van der Waals surface area contributed by atoms with Gasteiger partial charge < -0.3 is 15.5 Å². The van der Waals surface area contributed by atoms with Gasteiger partial charge in [-0.05, 0) is 26.0 Å². The number of hydrogen-bond donors (Lipinski definition) is 2. The van der Waals surface area contributed by atoms with Crippen LogP contribution in [0.4, 0.5) is 0 Å². The van der Waals surface area contributed by atoms with E-state index in [4.69, 9.17) is 10.2 Å². The summed E-state index contributed by atoms with van der Waals surface area (Å²) in [5, 5.41) is 13.1. The summed E-state index contributed by atoms with van der Waals surface area (Å²) in [7, 11) is 0. The molecular weight excluding hydrogens is 302 g/mol. The topological polar surface area (TPSA) is 109 Å². The number of primary amides is 1. The molecule has 6 nitrogen and oxygen atoms in total. The molecule has 1 aliphatic rings. The van der Waals surface area contributed by atoms with Crippen LogP contribution in [0.15, 0.2) is 44.7 Å². The molecule has 0 saturated heterocycles. The molecule has 1 atom stereocenters. The molecule has 0 aromatic carbocycles. The molecule has 0 spiro atoms. The van der Waals surface area contributed by atoms with Gasteiger partial charge in [-0.15, -0.1) is 0 Å². The van der Waals surface area contributed by atoms with E-state index in [1.165, 1.54) is 13.2 Å². The van der Waals surface area contributed by atoms with Gasteiger partial charge in [0.1, 0.15) is 5.76 Å². The fourth-order valence-electron chi connectivity index (χ4n) is 2.38. The van der Waals surface area contributed by atoms with Gasteiger partial charge in [-0.1, -0.05) is 11.8 Å². The van der Waals surface area contributed by atoms with E-state index in [2.05, 4.69) is 11.4 Å². The summed E-state index contributed by atoms with van der Waals surface area (Å²) in [6, 6.07) is 5.55. The molecule has 0 bridgehead atoms. The fraction of sp³-hybridized carbons (Fsp3) is 0.267. The number of furan rings is 1. The van der Waals surface area contributed by atoms with E-state index >= 15 is 0 Å². The van der Waals surface area contributed by atoms with Crippen molar-refractivity contribution in [3.05, 3.63) is 46.0 Å². The van der Waals surface area contributed by atoms with E-state index in [0.717, 1.165) is 11.8 Å². The van der Waals surface area contributed by atoms with Gasteiger partial charge in [0.15, 0.2) is 5.78 Å². The van der Waals surface area contributed by atoms with Crippen molar-refractivity contribution in [1.29, 1.82) is 5.26 Å². The Labute approximate surface area is 132 Å². The number of rotatable bonds is 5. The van der Waals surface area contributed by atoms with Gasteiger partial charge in [0.05, 0.1) is 34.6 Å². The van der Waals surface area contributed by atoms with Crippen LogP contribution in [0.1, 0.15) is 25.5 Å². The number of hydrogen-bond acceptors (Lipinski definition) is 6. The highest BCUT2D eigenvalue weighted by molar-refractivity contribution is 8.03. The lowest BCUT2D eigenvalue weighted by Crippen LogP contribution is -2.27. The summed E-state index contributed by atoms with van der Waals surface area (Å²) >= 11 is 1.14. The lowest BCUT2D eigenvalue weighted by molar-refractivity contribution is -0.115. The van der Waals surface area contributed by atoms with E-state index in [9.17, 15) is 14.9 Å². The first-order valence-electron chi connectivity index (χ1n) is 6.53. The highest BCUT2D eigenvalue weighted by Gasteiger charge is 2.34. The van der Waals surface area contributed by atoms with Gasteiger partial charge in [-0.25, -0.2) is 0 Å². The largest absolute Gasteiger partial charge is 0.468 e. The smallest absolute Gasteiger partial charge is 0.227 e. The molecule has 0 fully saturated rings.